The summed E-state index contributed by atoms with van der Waals surface area (Å²) in [5, 5.41) is 3.33. The van der Waals surface area contributed by atoms with E-state index in [9.17, 15) is 0 Å². The number of nitrogens with zero attached hydrogens (tertiary/aromatic N) is 2. The van der Waals surface area contributed by atoms with Gasteiger partial charge in [-0.3, -0.25) is 4.99 Å². The van der Waals surface area contributed by atoms with Crippen LogP contribution in [0.4, 0.5) is 0 Å². The molecule has 0 fully saturated rings. The second-order valence-electron chi connectivity index (χ2n) is 6.14. The molecule has 0 aromatic heterocycles. The zero-order chi connectivity index (χ0) is 15.6. The number of unbranched alkanes of at least 4 members (excludes halogenated alkanes) is 1. The van der Waals surface area contributed by atoms with E-state index in [2.05, 4.69) is 51.5 Å². The Morgan fingerprint density at radius 1 is 1.45 bits per heavy atom. The second kappa shape index (κ2) is 9.81. The zero-order valence-electron chi connectivity index (χ0n) is 14.2. The standard InChI is InChI=1S/C16H33N3O/c1-8-10-11-12-19(6)15(17-9-2)18-13-14(20-7)16(3,4)5/h8,14H,1,9-13H2,2-7H3,(H,17,18). The molecule has 1 N–H and O–H groups in total. The van der Waals surface area contributed by atoms with Gasteiger partial charge < -0.3 is 15.0 Å². The lowest BCUT2D eigenvalue weighted by Crippen LogP contribution is -2.41. The van der Waals surface area contributed by atoms with Gasteiger partial charge in [-0.1, -0.05) is 26.8 Å². The van der Waals surface area contributed by atoms with Gasteiger partial charge in [-0.2, -0.15) is 0 Å². The van der Waals surface area contributed by atoms with Crippen LogP contribution in [0.5, 0.6) is 0 Å². The van der Waals surface area contributed by atoms with Crippen molar-refractivity contribution in [3.05, 3.63) is 12.7 Å². The summed E-state index contributed by atoms with van der Waals surface area (Å²) in [5.41, 5.74) is 0.0942. The van der Waals surface area contributed by atoms with Crippen LogP contribution in [0.25, 0.3) is 0 Å². The molecule has 0 bridgehead atoms. The van der Waals surface area contributed by atoms with Crippen molar-refractivity contribution in [2.24, 2.45) is 10.4 Å². The molecule has 0 aliphatic carbocycles. The lowest BCUT2D eigenvalue weighted by Gasteiger charge is -2.29. The number of ether oxygens (including phenoxy) is 1. The molecule has 0 aliphatic rings. The van der Waals surface area contributed by atoms with Crippen LogP contribution in [-0.4, -0.2) is 50.8 Å². The molecular formula is C16H33N3O. The second-order valence-corrected chi connectivity index (χ2v) is 6.14. The molecule has 0 aromatic carbocycles. The molecule has 1 atom stereocenters. The van der Waals surface area contributed by atoms with E-state index < -0.39 is 0 Å². The first-order chi connectivity index (χ1) is 9.36. The molecule has 4 heteroatoms. The summed E-state index contributed by atoms with van der Waals surface area (Å²) >= 11 is 0. The SMILES string of the molecule is C=CCCCN(C)C(=NCC(OC)C(C)(C)C)NCC. The van der Waals surface area contributed by atoms with Gasteiger partial charge in [0.1, 0.15) is 0 Å². The topological polar surface area (TPSA) is 36.9 Å². The van der Waals surface area contributed by atoms with E-state index in [0.717, 1.165) is 31.9 Å². The minimum atomic E-state index is 0.0942. The quantitative estimate of drug-likeness (QED) is 0.322. The molecule has 0 heterocycles. The number of guanidine groups is 1. The van der Waals surface area contributed by atoms with Gasteiger partial charge in [0.2, 0.25) is 0 Å². The number of allylic oxidation sites excluding steroid dienone is 1. The van der Waals surface area contributed by atoms with Crippen LogP contribution in [0, 0.1) is 5.41 Å². The minimum absolute atomic E-state index is 0.0942. The lowest BCUT2D eigenvalue weighted by atomic mass is 9.89. The minimum Gasteiger partial charge on any atom is -0.379 e. The van der Waals surface area contributed by atoms with Crippen molar-refractivity contribution in [2.75, 3.05) is 33.8 Å². The highest BCUT2D eigenvalue weighted by atomic mass is 16.5. The number of rotatable bonds is 8. The van der Waals surface area contributed by atoms with Crippen molar-refractivity contribution in [1.29, 1.82) is 0 Å². The Labute approximate surface area is 125 Å². The predicted octanol–water partition coefficient (Wildman–Crippen LogP) is 2.91. The number of hydrogen-bond acceptors (Lipinski definition) is 2. The number of aliphatic imine (C=N–C) groups is 1. The Hall–Kier alpha value is -1.03. The molecule has 0 amide bonds. The van der Waals surface area contributed by atoms with E-state index in [1.54, 1.807) is 7.11 Å². The van der Waals surface area contributed by atoms with Crippen molar-refractivity contribution in [3.8, 4) is 0 Å². The van der Waals surface area contributed by atoms with Crippen LogP contribution in [0.3, 0.4) is 0 Å². The Balaban J connectivity index is 4.62. The fourth-order valence-corrected chi connectivity index (χ4v) is 1.92. The van der Waals surface area contributed by atoms with Gasteiger partial charge in [0.05, 0.1) is 12.6 Å². The summed E-state index contributed by atoms with van der Waals surface area (Å²) < 4.78 is 5.55. The molecule has 0 aliphatic heterocycles. The summed E-state index contributed by atoms with van der Waals surface area (Å²) in [6, 6.07) is 0. The van der Waals surface area contributed by atoms with E-state index in [0.29, 0.717) is 6.54 Å². The van der Waals surface area contributed by atoms with E-state index >= 15 is 0 Å². The summed E-state index contributed by atoms with van der Waals surface area (Å²) in [5.74, 6) is 0.947. The molecule has 0 aromatic rings. The van der Waals surface area contributed by atoms with Crippen LogP contribution in [0.15, 0.2) is 17.6 Å². The van der Waals surface area contributed by atoms with Crippen LogP contribution in [0.2, 0.25) is 0 Å². The normalized spacial score (nSPS) is 14.0. The van der Waals surface area contributed by atoms with Gasteiger partial charge in [-0.05, 0) is 25.2 Å². The van der Waals surface area contributed by atoms with E-state index in [-0.39, 0.29) is 11.5 Å². The van der Waals surface area contributed by atoms with E-state index in [1.807, 2.05) is 6.08 Å². The van der Waals surface area contributed by atoms with E-state index in [4.69, 9.17) is 9.73 Å². The van der Waals surface area contributed by atoms with Crippen LogP contribution in [0.1, 0.15) is 40.5 Å². The monoisotopic (exact) mass is 283 g/mol. The average molecular weight is 283 g/mol. The van der Waals surface area contributed by atoms with Crippen molar-refractivity contribution >= 4 is 5.96 Å². The third-order valence-corrected chi connectivity index (χ3v) is 3.26. The number of nitrogens with one attached hydrogen (secondary N) is 1. The first-order valence-corrected chi connectivity index (χ1v) is 7.49. The molecule has 0 saturated carbocycles. The molecule has 0 saturated heterocycles. The summed E-state index contributed by atoms with van der Waals surface area (Å²) in [4.78, 5) is 6.88. The summed E-state index contributed by atoms with van der Waals surface area (Å²) in [7, 11) is 3.83. The highest BCUT2D eigenvalue weighted by Crippen LogP contribution is 2.21. The molecule has 0 radical (unpaired) electrons. The Kier molecular flexibility index (Phi) is 9.30. The van der Waals surface area contributed by atoms with Gasteiger partial charge in [0.25, 0.3) is 0 Å². The van der Waals surface area contributed by atoms with Crippen molar-refractivity contribution in [1.82, 2.24) is 10.2 Å². The molecular weight excluding hydrogens is 250 g/mol. The number of hydrogen-bond donors (Lipinski definition) is 1. The summed E-state index contributed by atoms with van der Waals surface area (Å²) in [6.45, 7) is 14.9. The predicted molar refractivity (Wildman–Crippen MR) is 88.3 cm³/mol. The lowest BCUT2D eigenvalue weighted by molar-refractivity contribution is 0.0240. The Morgan fingerprint density at radius 3 is 2.55 bits per heavy atom. The van der Waals surface area contributed by atoms with Gasteiger partial charge in [0.15, 0.2) is 5.96 Å². The highest BCUT2D eigenvalue weighted by Gasteiger charge is 2.24. The van der Waals surface area contributed by atoms with Crippen molar-refractivity contribution in [2.45, 2.75) is 46.6 Å². The first-order valence-electron chi connectivity index (χ1n) is 7.49. The third kappa shape index (κ3) is 7.53. The molecule has 1 unspecified atom stereocenters. The summed E-state index contributed by atoms with van der Waals surface area (Å²) in [6.07, 6.45) is 4.21. The Morgan fingerprint density at radius 2 is 2.10 bits per heavy atom. The largest absolute Gasteiger partial charge is 0.379 e. The molecule has 0 spiro atoms. The maximum Gasteiger partial charge on any atom is 0.193 e. The fourth-order valence-electron chi connectivity index (χ4n) is 1.92. The smallest absolute Gasteiger partial charge is 0.193 e. The number of methoxy groups -OCH3 is 1. The van der Waals surface area contributed by atoms with Crippen LogP contribution in [-0.2, 0) is 4.74 Å². The van der Waals surface area contributed by atoms with Crippen molar-refractivity contribution in [3.63, 3.8) is 0 Å². The molecule has 118 valence electrons. The third-order valence-electron chi connectivity index (χ3n) is 3.26. The van der Waals surface area contributed by atoms with Gasteiger partial charge in [-0.15, -0.1) is 6.58 Å². The fraction of sp³-hybridized carbons (Fsp3) is 0.812. The van der Waals surface area contributed by atoms with Gasteiger partial charge in [0, 0.05) is 27.2 Å². The highest BCUT2D eigenvalue weighted by molar-refractivity contribution is 5.79. The average Bonchev–Trinajstić information content (AvgIpc) is 2.36. The maximum absolute atomic E-state index is 5.55. The zero-order valence-corrected chi connectivity index (χ0v) is 14.2. The Bertz CT molecular complexity index is 295. The first kappa shape index (κ1) is 19.0. The van der Waals surface area contributed by atoms with Crippen molar-refractivity contribution < 1.29 is 4.74 Å². The van der Waals surface area contributed by atoms with Gasteiger partial charge in [-0.25, -0.2) is 0 Å². The maximum atomic E-state index is 5.55. The van der Waals surface area contributed by atoms with E-state index in [1.165, 1.54) is 0 Å². The van der Waals surface area contributed by atoms with Crippen LogP contribution >= 0.6 is 0 Å². The molecule has 4 nitrogen and oxygen atoms in total. The van der Waals surface area contributed by atoms with Crippen LogP contribution < -0.4 is 5.32 Å². The molecule has 0 rings (SSSR count). The molecule has 20 heavy (non-hydrogen) atoms. The van der Waals surface area contributed by atoms with Gasteiger partial charge >= 0.3 is 0 Å².